The van der Waals surface area contributed by atoms with E-state index < -0.39 is 16.8 Å². The van der Waals surface area contributed by atoms with E-state index in [1.54, 1.807) is 13.8 Å². The Morgan fingerprint density at radius 2 is 2.18 bits per heavy atom. The average molecular weight is 179 g/mol. The number of carboxylic acid groups (broad SMARTS) is 1. The monoisotopic (exact) mass is 179 g/mol. The number of rotatable bonds is 4. The summed E-state index contributed by atoms with van der Waals surface area (Å²) in [4.78, 5) is 10.5. The van der Waals surface area contributed by atoms with Crippen LogP contribution in [0, 0.1) is 0 Å². The second-order valence-electron chi connectivity index (χ2n) is 2.79. The van der Waals surface area contributed by atoms with Gasteiger partial charge in [0.25, 0.3) is 0 Å². The van der Waals surface area contributed by atoms with Crippen LogP contribution in [0.5, 0.6) is 0 Å². The molecule has 0 amide bonds. The zero-order valence-electron chi connectivity index (χ0n) is 6.53. The maximum atomic E-state index is 10.5. The maximum Gasteiger partial charge on any atom is 0.322 e. The van der Waals surface area contributed by atoms with Gasteiger partial charge in [0, 0.05) is 4.75 Å². The summed E-state index contributed by atoms with van der Waals surface area (Å²) in [6.07, 6.45) is 0. The number of nitrogens with one attached hydrogen (secondary N) is 1. The van der Waals surface area contributed by atoms with Crippen LogP contribution in [0.3, 0.4) is 0 Å². The van der Waals surface area contributed by atoms with Crippen LogP contribution < -0.4 is 5.32 Å². The van der Waals surface area contributed by atoms with E-state index in [1.165, 1.54) is 0 Å². The quantitative estimate of drug-likeness (QED) is 0.353. The molecule has 1 atom stereocenters. The van der Waals surface area contributed by atoms with E-state index in [0.29, 0.717) is 0 Å². The number of aliphatic hydroxyl groups excluding tert-OH is 1. The summed E-state index contributed by atoms with van der Waals surface area (Å²) in [5.41, 5.74) is 0. The molecule has 3 N–H and O–H groups in total. The molecule has 0 aliphatic carbocycles. The third-order valence-electron chi connectivity index (χ3n) is 1.25. The number of thiol groups is 1. The lowest BCUT2D eigenvalue weighted by Gasteiger charge is -2.25. The first-order chi connectivity index (χ1) is 4.89. The number of aliphatic hydroxyl groups is 1. The van der Waals surface area contributed by atoms with E-state index in [9.17, 15) is 4.79 Å². The molecular weight excluding hydrogens is 166 g/mol. The van der Waals surface area contributed by atoms with E-state index in [0.717, 1.165) is 0 Å². The minimum atomic E-state index is -1.01. The molecule has 0 saturated carbocycles. The molecule has 0 aromatic carbocycles. The molecule has 0 fully saturated rings. The highest BCUT2D eigenvalue weighted by atomic mass is 32.1. The molecule has 0 aromatic heterocycles. The Morgan fingerprint density at radius 1 is 1.73 bits per heavy atom. The molecule has 0 aromatic rings. The van der Waals surface area contributed by atoms with Crippen molar-refractivity contribution in [2.24, 2.45) is 0 Å². The largest absolute Gasteiger partial charge is 0.480 e. The molecule has 5 heteroatoms. The molecule has 11 heavy (non-hydrogen) atoms. The van der Waals surface area contributed by atoms with Crippen LogP contribution in [0.25, 0.3) is 0 Å². The van der Waals surface area contributed by atoms with Gasteiger partial charge in [-0.3, -0.25) is 10.1 Å². The fourth-order valence-electron chi connectivity index (χ4n) is 0.731. The molecule has 0 spiro atoms. The summed E-state index contributed by atoms with van der Waals surface area (Å²) in [6.45, 7) is 2.97. The highest BCUT2D eigenvalue weighted by molar-refractivity contribution is 7.81. The summed E-state index contributed by atoms with van der Waals surface area (Å²) >= 11 is 4.07. The lowest BCUT2D eigenvalue weighted by molar-refractivity contribution is -0.140. The van der Waals surface area contributed by atoms with Crippen molar-refractivity contribution in [2.75, 3.05) is 6.73 Å². The molecule has 4 nitrogen and oxygen atoms in total. The van der Waals surface area contributed by atoms with E-state index in [2.05, 4.69) is 17.9 Å². The van der Waals surface area contributed by atoms with Crippen LogP contribution in [0.1, 0.15) is 13.8 Å². The minimum absolute atomic E-state index is 0.360. The van der Waals surface area contributed by atoms with Gasteiger partial charge in [0.05, 0.1) is 6.73 Å². The van der Waals surface area contributed by atoms with Gasteiger partial charge in [0.2, 0.25) is 0 Å². The zero-order chi connectivity index (χ0) is 9.07. The van der Waals surface area contributed by atoms with E-state index in [1.807, 2.05) is 0 Å². The van der Waals surface area contributed by atoms with E-state index >= 15 is 0 Å². The number of hydrogen-bond acceptors (Lipinski definition) is 4. The summed E-state index contributed by atoms with van der Waals surface area (Å²) in [5.74, 6) is -1.01. The summed E-state index contributed by atoms with van der Waals surface area (Å²) in [6, 6.07) is -0.837. The molecule has 0 unspecified atom stereocenters. The Morgan fingerprint density at radius 3 is 2.27 bits per heavy atom. The second-order valence-corrected chi connectivity index (χ2v) is 3.94. The van der Waals surface area contributed by atoms with Crippen molar-refractivity contribution in [3.8, 4) is 0 Å². The van der Waals surface area contributed by atoms with Gasteiger partial charge >= 0.3 is 5.97 Å². The Hall–Kier alpha value is -0.260. The minimum Gasteiger partial charge on any atom is -0.480 e. The van der Waals surface area contributed by atoms with Gasteiger partial charge in [-0.15, -0.1) is 0 Å². The molecule has 0 radical (unpaired) electrons. The van der Waals surface area contributed by atoms with Crippen LogP contribution in [0.2, 0.25) is 0 Å². The molecule has 0 aliphatic heterocycles. The van der Waals surface area contributed by atoms with Gasteiger partial charge in [-0.05, 0) is 13.8 Å². The van der Waals surface area contributed by atoms with Gasteiger partial charge in [-0.25, -0.2) is 0 Å². The average Bonchev–Trinajstić information content (AvgIpc) is 1.79. The molecule has 0 rings (SSSR count). The van der Waals surface area contributed by atoms with Crippen molar-refractivity contribution < 1.29 is 15.0 Å². The standard InChI is InChI=1S/C6H13NO3S/c1-6(2,11)4(5(9)10)7-3-8/h4,7-8,11H,3H2,1-2H3,(H,9,10)/t4-/m0/s1. The third kappa shape index (κ3) is 3.60. The van der Waals surface area contributed by atoms with Crippen LogP contribution >= 0.6 is 12.6 Å². The van der Waals surface area contributed by atoms with Crippen LogP contribution in [0.15, 0.2) is 0 Å². The van der Waals surface area contributed by atoms with Crippen molar-refractivity contribution >= 4 is 18.6 Å². The van der Waals surface area contributed by atoms with Crippen LogP contribution in [-0.4, -0.2) is 33.7 Å². The smallest absolute Gasteiger partial charge is 0.322 e. The number of carbonyl (C=O) groups is 1. The third-order valence-corrected chi connectivity index (χ3v) is 1.51. The molecule has 0 bridgehead atoms. The Balaban J connectivity index is 4.22. The SMILES string of the molecule is CC(C)(S)[C@@H](NCO)C(=O)O. The summed E-state index contributed by atoms with van der Waals surface area (Å²) < 4.78 is -0.686. The first-order valence-corrected chi connectivity index (χ1v) is 3.63. The maximum absolute atomic E-state index is 10.5. The lowest BCUT2D eigenvalue weighted by Crippen LogP contribution is -2.49. The lowest BCUT2D eigenvalue weighted by atomic mass is 10.0. The summed E-state index contributed by atoms with van der Waals surface area (Å²) in [5, 5.41) is 19.5. The van der Waals surface area contributed by atoms with E-state index in [-0.39, 0.29) is 6.73 Å². The van der Waals surface area contributed by atoms with Crippen molar-refractivity contribution in [1.29, 1.82) is 0 Å². The topological polar surface area (TPSA) is 69.6 Å². The number of aliphatic carboxylic acids is 1. The van der Waals surface area contributed by atoms with Crippen molar-refractivity contribution in [1.82, 2.24) is 5.32 Å². The first kappa shape index (κ1) is 10.7. The predicted molar refractivity (Wildman–Crippen MR) is 44.7 cm³/mol. The second kappa shape index (κ2) is 3.94. The van der Waals surface area contributed by atoms with Gasteiger partial charge < -0.3 is 10.2 Å². The summed E-state index contributed by atoms with van der Waals surface area (Å²) in [7, 11) is 0. The Labute approximate surface area is 71.0 Å². The molecule has 66 valence electrons. The first-order valence-electron chi connectivity index (χ1n) is 3.19. The predicted octanol–water partition coefficient (Wildman–Crippen LogP) is -0.313. The molecule has 0 heterocycles. The molecule has 0 aliphatic rings. The van der Waals surface area contributed by atoms with Crippen molar-refractivity contribution in [2.45, 2.75) is 24.6 Å². The highest BCUT2D eigenvalue weighted by Crippen LogP contribution is 2.17. The molecule has 0 saturated heterocycles. The fraction of sp³-hybridized carbons (Fsp3) is 0.833. The van der Waals surface area contributed by atoms with Crippen LogP contribution in [0.4, 0.5) is 0 Å². The van der Waals surface area contributed by atoms with Gasteiger partial charge in [-0.2, -0.15) is 12.6 Å². The normalized spacial score (nSPS) is 14.5. The van der Waals surface area contributed by atoms with Gasteiger partial charge in [-0.1, -0.05) is 0 Å². The number of hydrogen-bond donors (Lipinski definition) is 4. The zero-order valence-corrected chi connectivity index (χ0v) is 7.43. The van der Waals surface area contributed by atoms with Gasteiger partial charge in [0.1, 0.15) is 6.04 Å². The Kier molecular flexibility index (Phi) is 3.85. The van der Waals surface area contributed by atoms with Crippen LogP contribution in [-0.2, 0) is 4.79 Å². The highest BCUT2D eigenvalue weighted by Gasteiger charge is 2.31. The van der Waals surface area contributed by atoms with Crippen molar-refractivity contribution in [3.05, 3.63) is 0 Å². The van der Waals surface area contributed by atoms with Gasteiger partial charge in [0.15, 0.2) is 0 Å². The Bertz CT molecular complexity index is 143. The molecular formula is C6H13NO3S. The van der Waals surface area contributed by atoms with E-state index in [4.69, 9.17) is 10.2 Å². The fourth-order valence-corrected chi connectivity index (χ4v) is 0.932. The number of carboxylic acids is 1. The van der Waals surface area contributed by atoms with Crippen molar-refractivity contribution in [3.63, 3.8) is 0 Å².